The van der Waals surface area contributed by atoms with Crippen LogP contribution in [0.25, 0.3) is 0 Å². The molecule has 3 nitrogen and oxygen atoms in total. The zero-order chi connectivity index (χ0) is 10.2. The lowest BCUT2D eigenvalue weighted by Gasteiger charge is -2.52. The molecule has 9 atom stereocenters. The monoisotopic (exact) mass is 220 g/mol. The van der Waals surface area contributed by atoms with Crippen LogP contribution in [0.4, 0.5) is 0 Å². The molecule has 1 aliphatic heterocycles. The molecule has 1 N–H and O–H groups in total. The van der Waals surface area contributed by atoms with E-state index in [1.165, 1.54) is 6.42 Å². The number of ether oxygens (including phenoxy) is 2. The summed E-state index contributed by atoms with van der Waals surface area (Å²) in [4.78, 5) is 0. The Bertz CT molecular complexity index is 402. The van der Waals surface area contributed by atoms with Crippen molar-refractivity contribution in [3.8, 4) is 0 Å². The summed E-state index contributed by atoms with van der Waals surface area (Å²) >= 11 is 0. The van der Waals surface area contributed by atoms with Gasteiger partial charge in [0.05, 0.1) is 19.3 Å². The van der Waals surface area contributed by atoms with E-state index in [0.717, 1.165) is 36.9 Å². The minimum Gasteiger partial charge on any atom is -0.393 e. The highest BCUT2D eigenvalue weighted by Gasteiger charge is 2.89. The summed E-state index contributed by atoms with van der Waals surface area (Å²) in [5, 5.41) is 10.4. The number of aliphatic hydroxyl groups excluding tert-OH is 1. The Hall–Kier alpha value is -0.120. The Morgan fingerprint density at radius 3 is 2.50 bits per heavy atom. The smallest absolute Gasteiger partial charge is 0.175 e. The zero-order valence-electron chi connectivity index (χ0n) is 9.08. The first-order valence-electron chi connectivity index (χ1n) is 6.80. The molecule has 0 aromatic rings. The van der Waals surface area contributed by atoms with Crippen LogP contribution < -0.4 is 0 Å². The van der Waals surface area contributed by atoms with Crippen LogP contribution in [0.5, 0.6) is 0 Å². The Labute approximate surface area is 94.1 Å². The van der Waals surface area contributed by atoms with Gasteiger partial charge in [0.2, 0.25) is 0 Å². The lowest BCUT2D eigenvalue weighted by Crippen LogP contribution is -2.59. The fourth-order valence-electron chi connectivity index (χ4n) is 7.27. The van der Waals surface area contributed by atoms with E-state index in [0.29, 0.717) is 23.7 Å². The first kappa shape index (κ1) is 8.06. The molecule has 0 radical (unpaired) electrons. The van der Waals surface area contributed by atoms with Gasteiger partial charge < -0.3 is 14.6 Å². The van der Waals surface area contributed by atoms with E-state index >= 15 is 0 Å². The van der Waals surface area contributed by atoms with Crippen molar-refractivity contribution in [2.24, 2.45) is 47.3 Å². The van der Waals surface area contributed by atoms with Crippen molar-refractivity contribution in [3.63, 3.8) is 0 Å². The van der Waals surface area contributed by atoms with Crippen LogP contribution >= 0.6 is 0 Å². The van der Waals surface area contributed by atoms with E-state index in [9.17, 15) is 5.11 Å². The van der Waals surface area contributed by atoms with Gasteiger partial charge in [-0.25, -0.2) is 0 Å². The third-order valence-electron chi connectivity index (χ3n) is 7.08. The van der Waals surface area contributed by atoms with Crippen molar-refractivity contribution in [2.45, 2.75) is 18.3 Å². The van der Waals surface area contributed by atoms with Crippen LogP contribution in [0.15, 0.2) is 0 Å². The van der Waals surface area contributed by atoms with Gasteiger partial charge in [0.15, 0.2) is 5.79 Å². The number of hydrogen-bond acceptors (Lipinski definition) is 3. The third-order valence-corrected chi connectivity index (χ3v) is 7.08. The maximum absolute atomic E-state index is 10.4. The van der Waals surface area contributed by atoms with Gasteiger partial charge in [0.25, 0.3) is 0 Å². The van der Waals surface area contributed by atoms with Gasteiger partial charge in [0.1, 0.15) is 0 Å². The van der Waals surface area contributed by atoms with Gasteiger partial charge in [-0.15, -0.1) is 0 Å². The molecule has 1 saturated heterocycles. The molecule has 1 heterocycles. The molecule has 6 fully saturated rings. The molecular weight excluding hydrogens is 204 g/mol. The molecular formula is C13H16O3. The van der Waals surface area contributed by atoms with E-state index in [1.54, 1.807) is 0 Å². The maximum Gasteiger partial charge on any atom is 0.175 e. The average molecular weight is 220 g/mol. The van der Waals surface area contributed by atoms with E-state index < -0.39 is 0 Å². The van der Waals surface area contributed by atoms with Crippen LogP contribution in [-0.2, 0) is 9.47 Å². The summed E-state index contributed by atoms with van der Waals surface area (Å²) in [6, 6.07) is 0. The SMILES string of the molecule is O[C@H]1C2C3CC4C5C3C1C5C1(OCCO1)C42. The quantitative estimate of drug-likeness (QED) is 0.645. The van der Waals surface area contributed by atoms with Gasteiger partial charge in [-0.3, -0.25) is 0 Å². The molecule has 0 aromatic carbocycles. The molecule has 1 spiro atoms. The summed E-state index contributed by atoms with van der Waals surface area (Å²) in [6.07, 6.45) is 1.34. The lowest BCUT2D eigenvalue weighted by atomic mass is 9.57. The topological polar surface area (TPSA) is 38.7 Å². The predicted molar refractivity (Wildman–Crippen MR) is 53.2 cm³/mol. The molecule has 0 aromatic heterocycles. The van der Waals surface area contributed by atoms with Gasteiger partial charge in [0, 0.05) is 11.8 Å². The van der Waals surface area contributed by atoms with Gasteiger partial charge in [-0.2, -0.15) is 0 Å². The molecule has 6 rings (SSSR count). The van der Waals surface area contributed by atoms with Gasteiger partial charge in [-0.05, 0) is 41.9 Å². The standard InChI is InChI=1S/C13H16O3/c14-12-8-4-3-5-7-6(4)9(12)11(7)13(10(5)8)15-1-2-16-13/h4-12,14H,1-3H2/t4?,5?,6?,7?,8?,9?,10?,11?,12-/m0/s1. The largest absolute Gasteiger partial charge is 0.393 e. The second kappa shape index (κ2) is 2.00. The van der Waals surface area contributed by atoms with Crippen molar-refractivity contribution < 1.29 is 14.6 Å². The minimum absolute atomic E-state index is 0.0211. The summed E-state index contributed by atoms with van der Waals surface area (Å²) < 4.78 is 12.2. The molecule has 5 saturated carbocycles. The van der Waals surface area contributed by atoms with Crippen molar-refractivity contribution in [2.75, 3.05) is 13.2 Å². The summed E-state index contributed by atoms with van der Waals surface area (Å²) in [7, 11) is 0. The maximum atomic E-state index is 10.4. The van der Waals surface area contributed by atoms with Crippen molar-refractivity contribution >= 4 is 0 Å². The molecule has 3 heteroatoms. The molecule has 86 valence electrons. The molecule has 16 heavy (non-hydrogen) atoms. The van der Waals surface area contributed by atoms with Gasteiger partial charge in [-0.1, -0.05) is 0 Å². The average Bonchev–Trinajstić information content (AvgIpc) is 2.87. The highest BCUT2D eigenvalue weighted by Crippen LogP contribution is 2.86. The van der Waals surface area contributed by atoms with Crippen LogP contribution in [0, 0.1) is 47.3 Å². The Kier molecular flexibility index (Phi) is 1.01. The molecule has 0 amide bonds. The number of fused-ring (bicyclic) bond motifs is 4. The lowest BCUT2D eigenvalue weighted by molar-refractivity contribution is -0.277. The fourth-order valence-corrected chi connectivity index (χ4v) is 7.27. The van der Waals surface area contributed by atoms with E-state index in [1.807, 2.05) is 0 Å². The number of aliphatic hydroxyl groups is 1. The third kappa shape index (κ3) is 0.485. The Morgan fingerprint density at radius 1 is 0.875 bits per heavy atom. The molecule has 8 unspecified atom stereocenters. The first-order valence-corrected chi connectivity index (χ1v) is 6.80. The van der Waals surface area contributed by atoms with Crippen LogP contribution in [0.2, 0.25) is 0 Å². The summed E-state index contributed by atoms with van der Waals surface area (Å²) in [5.74, 6) is 5.26. The van der Waals surface area contributed by atoms with E-state index in [4.69, 9.17) is 9.47 Å². The van der Waals surface area contributed by atoms with E-state index in [-0.39, 0.29) is 11.9 Å². The van der Waals surface area contributed by atoms with Gasteiger partial charge >= 0.3 is 0 Å². The van der Waals surface area contributed by atoms with E-state index in [2.05, 4.69) is 0 Å². The predicted octanol–water partition coefficient (Wildman–Crippen LogP) is 0.478. The molecule has 6 aliphatic rings. The summed E-state index contributed by atoms with van der Waals surface area (Å²) in [5.41, 5.74) is 0. The number of hydrogen-bond donors (Lipinski definition) is 1. The fraction of sp³-hybridized carbons (Fsp3) is 1.00. The normalized spacial score (nSPS) is 74.4. The minimum atomic E-state index is -0.231. The number of rotatable bonds is 0. The highest BCUT2D eigenvalue weighted by atomic mass is 16.7. The van der Waals surface area contributed by atoms with Crippen molar-refractivity contribution in [1.82, 2.24) is 0 Å². The molecule has 5 aliphatic carbocycles. The first-order chi connectivity index (χ1) is 7.84. The second-order valence-electron chi connectivity index (χ2n) is 6.83. The van der Waals surface area contributed by atoms with Crippen LogP contribution in [0.1, 0.15) is 6.42 Å². The molecule has 2 bridgehead atoms. The second-order valence-corrected chi connectivity index (χ2v) is 6.83. The Morgan fingerprint density at radius 2 is 1.69 bits per heavy atom. The van der Waals surface area contributed by atoms with Crippen molar-refractivity contribution in [3.05, 3.63) is 0 Å². The zero-order valence-corrected chi connectivity index (χ0v) is 9.08. The highest BCUT2D eigenvalue weighted by molar-refractivity contribution is 5.33. The van der Waals surface area contributed by atoms with Crippen LogP contribution in [-0.4, -0.2) is 30.2 Å². The Balaban J connectivity index is 1.64. The van der Waals surface area contributed by atoms with Crippen molar-refractivity contribution in [1.29, 1.82) is 0 Å². The van der Waals surface area contributed by atoms with Crippen LogP contribution in [0.3, 0.4) is 0 Å². The summed E-state index contributed by atoms with van der Waals surface area (Å²) in [6.45, 7) is 1.55.